The van der Waals surface area contributed by atoms with Crippen LogP contribution in [0.2, 0.25) is 0 Å². The molecule has 1 aromatic carbocycles. The maximum atomic E-state index is 12.8. The SMILES string of the molecule is CN1CCC(C(Cl)c2ccc(F)cc2)CC1. The zero-order valence-corrected chi connectivity index (χ0v) is 10.3. The Balaban J connectivity index is 2.01. The fraction of sp³-hybridized carbons (Fsp3) is 0.538. The Morgan fingerprint density at radius 3 is 2.38 bits per heavy atom. The lowest BCUT2D eigenvalue weighted by atomic mass is 9.90. The fourth-order valence-corrected chi connectivity index (χ4v) is 2.64. The summed E-state index contributed by atoms with van der Waals surface area (Å²) in [5.41, 5.74) is 1.04. The first kappa shape index (κ1) is 11.9. The summed E-state index contributed by atoms with van der Waals surface area (Å²) in [6.07, 6.45) is 2.25. The zero-order valence-electron chi connectivity index (χ0n) is 9.50. The Hall–Kier alpha value is -0.600. The van der Waals surface area contributed by atoms with Crippen molar-refractivity contribution in [3.05, 3.63) is 35.6 Å². The molecule has 0 N–H and O–H groups in total. The Morgan fingerprint density at radius 1 is 1.25 bits per heavy atom. The molecule has 1 unspecified atom stereocenters. The Morgan fingerprint density at radius 2 is 1.81 bits per heavy atom. The summed E-state index contributed by atoms with van der Waals surface area (Å²) < 4.78 is 12.8. The minimum Gasteiger partial charge on any atom is -0.306 e. The largest absolute Gasteiger partial charge is 0.306 e. The van der Waals surface area contributed by atoms with Gasteiger partial charge in [0.2, 0.25) is 0 Å². The normalized spacial score (nSPS) is 20.9. The lowest BCUT2D eigenvalue weighted by Gasteiger charge is -2.31. The van der Waals surface area contributed by atoms with Crippen LogP contribution in [0.1, 0.15) is 23.8 Å². The molecule has 1 saturated heterocycles. The van der Waals surface area contributed by atoms with Crippen LogP contribution in [0.15, 0.2) is 24.3 Å². The van der Waals surface area contributed by atoms with Crippen molar-refractivity contribution < 1.29 is 4.39 Å². The Bertz CT molecular complexity index is 330. The molecule has 3 heteroatoms. The van der Waals surface area contributed by atoms with Gasteiger partial charge < -0.3 is 4.90 Å². The van der Waals surface area contributed by atoms with Gasteiger partial charge in [0, 0.05) is 0 Å². The van der Waals surface area contributed by atoms with Crippen molar-refractivity contribution in [3.63, 3.8) is 0 Å². The molecular weight excluding hydrogens is 225 g/mol. The third-order valence-corrected chi connectivity index (χ3v) is 3.97. The molecule has 0 saturated carbocycles. The number of likely N-dealkylation sites (tertiary alicyclic amines) is 1. The fourth-order valence-electron chi connectivity index (χ4n) is 2.24. The van der Waals surface area contributed by atoms with Gasteiger partial charge in [-0.2, -0.15) is 0 Å². The summed E-state index contributed by atoms with van der Waals surface area (Å²) in [6, 6.07) is 6.57. The Kier molecular flexibility index (Phi) is 3.82. The molecule has 0 aromatic heterocycles. The smallest absolute Gasteiger partial charge is 0.123 e. The van der Waals surface area contributed by atoms with Crippen LogP contribution < -0.4 is 0 Å². The van der Waals surface area contributed by atoms with Gasteiger partial charge in [-0.1, -0.05) is 12.1 Å². The second-order valence-corrected chi connectivity index (χ2v) is 5.06. The maximum absolute atomic E-state index is 12.8. The number of rotatable bonds is 2. The van der Waals surface area contributed by atoms with Gasteiger partial charge >= 0.3 is 0 Å². The summed E-state index contributed by atoms with van der Waals surface area (Å²) in [7, 11) is 2.14. The number of hydrogen-bond acceptors (Lipinski definition) is 1. The lowest BCUT2D eigenvalue weighted by molar-refractivity contribution is 0.215. The summed E-state index contributed by atoms with van der Waals surface area (Å²) in [4.78, 5) is 2.32. The van der Waals surface area contributed by atoms with Crippen LogP contribution in [0.4, 0.5) is 4.39 Å². The molecule has 1 heterocycles. The minimum absolute atomic E-state index is 0.0225. The molecule has 16 heavy (non-hydrogen) atoms. The van der Waals surface area contributed by atoms with Crippen molar-refractivity contribution in [2.45, 2.75) is 18.2 Å². The highest BCUT2D eigenvalue weighted by Crippen LogP contribution is 2.35. The molecule has 0 spiro atoms. The van der Waals surface area contributed by atoms with Gasteiger partial charge in [0.05, 0.1) is 5.38 Å². The molecule has 1 aliphatic heterocycles. The highest BCUT2D eigenvalue weighted by atomic mass is 35.5. The summed E-state index contributed by atoms with van der Waals surface area (Å²) >= 11 is 6.44. The average Bonchev–Trinajstić information content (AvgIpc) is 2.30. The molecule has 1 aromatic rings. The molecule has 0 radical (unpaired) electrons. The number of hydrogen-bond donors (Lipinski definition) is 0. The first-order chi connectivity index (χ1) is 7.66. The number of alkyl halides is 1. The highest BCUT2D eigenvalue weighted by Gasteiger charge is 2.24. The van der Waals surface area contributed by atoms with Crippen LogP contribution in [-0.4, -0.2) is 25.0 Å². The van der Waals surface area contributed by atoms with Crippen LogP contribution in [0.5, 0.6) is 0 Å². The number of benzene rings is 1. The average molecular weight is 242 g/mol. The van der Waals surface area contributed by atoms with Crippen LogP contribution in [0.25, 0.3) is 0 Å². The van der Waals surface area contributed by atoms with E-state index < -0.39 is 0 Å². The molecule has 1 fully saturated rings. The molecule has 0 bridgehead atoms. The summed E-state index contributed by atoms with van der Waals surface area (Å²) in [5, 5.41) is 0.0225. The Labute approximate surface area is 101 Å². The van der Waals surface area contributed by atoms with Crippen LogP contribution in [0.3, 0.4) is 0 Å². The molecule has 2 rings (SSSR count). The summed E-state index contributed by atoms with van der Waals surface area (Å²) in [5.74, 6) is 0.319. The standard InChI is InChI=1S/C13H17ClFN/c1-16-8-6-11(7-9-16)13(14)10-2-4-12(15)5-3-10/h2-5,11,13H,6-9H2,1H3. The quantitative estimate of drug-likeness (QED) is 0.717. The van der Waals surface area contributed by atoms with E-state index in [1.165, 1.54) is 12.1 Å². The van der Waals surface area contributed by atoms with E-state index in [1.807, 2.05) is 0 Å². The maximum Gasteiger partial charge on any atom is 0.123 e. The van der Waals surface area contributed by atoms with Gasteiger partial charge in [-0.15, -0.1) is 11.6 Å². The van der Waals surface area contributed by atoms with Gasteiger partial charge in [0.15, 0.2) is 0 Å². The second-order valence-electron chi connectivity index (χ2n) is 4.59. The minimum atomic E-state index is -0.198. The molecule has 1 atom stereocenters. The van der Waals surface area contributed by atoms with Crippen LogP contribution in [-0.2, 0) is 0 Å². The second kappa shape index (κ2) is 5.15. The van der Waals surface area contributed by atoms with E-state index in [9.17, 15) is 4.39 Å². The molecule has 0 aliphatic carbocycles. The van der Waals surface area contributed by atoms with E-state index in [-0.39, 0.29) is 11.2 Å². The van der Waals surface area contributed by atoms with E-state index in [0.29, 0.717) is 5.92 Å². The first-order valence-corrected chi connectivity index (χ1v) is 6.18. The number of nitrogens with zero attached hydrogens (tertiary/aromatic N) is 1. The van der Waals surface area contributed by atoms with Gasteiger partial charge in [-0.05, 0) is 56.6 Å². The van der Waals surface area contributed by atoms with Crippen molar-refractivity contribution >= 4 is 11.6 Å². The van der Waals surface area contributed by atoms with Crippen molar-refractivity contribution in [1.29, 1.82) is 0 Å². The monoisotopic (exact) mass is 241 g/mol. The molecular formula is C13H17ClFN. The van der Waals surface area contributed by atoms with Gasteiger partial charge in [-0.3, -0.25) is 0 Å². The van der Waals surface area contributed by atoms with Crippen molar-refractivity contribution in [2.24, 2.45) is 5.92 Å². The highest BCUT2D eigenvalue weighted by molar-refractivity contribution is 6.21. The van der Waals surface area contributed by atoms with Gasteiger partial charge in [0.25, 0.3) is 0 Å². The van der Waals surface area contributed by atoms with E-state index in [0.717, 1.165) is 31.5 Å². The van der Waals surface area contributed by atoms with Gasteiger partial charge in [-0.25, -0.2) is 4.39 Å². The number of piperidine rings is 1. The predicted molar refractivity (Wildman–Crippen MR) is 65.2 cm³/mol. The molecule has 1 aliphatic rings. The van der Waals surface area contributed by atoms with Crippen molar-refractivity contribution in [2.75, 3.05) is 20.1 Å². The van der Waals surface area contributed by atoms with Crippen LogP contribution >= 0.6 is 11.6 Å². The van der Waals surface area contributed by atoms with Crippen molar-refractivity contribution in [3.8, 4) is 0 Å². The predicted octanol–water partition coefficient (Wildman–Crippen LogP) is 3.45. The van der Waals surface area contributed by atoms with E-state index in [4.69, 9.17) is 11.6 Å². The molecule has 88 valence electrons. The van der Waals surface area contributed by atoms with E-state index in [2.05, 4.69) is 11.9 Å². The third kappa shape index (κ3) is 2.74. The molecule has 1 nitrogen and oxygen atoms in total. The van der Waals surface area contributed by atoms with E-state index in [1.54, 1.807) is 12.1 Å². The topological polar surface area (TPSA) is 3.24 Å². The summed E-state index contributed by atoms with van der Waals surface area (Å²) in [6.45, 7) is 2.21. The number of halogens is 2. The zero-order chi connectivity index (χ0) is 11.5. The molecule has 0 amide bonds. The van der Waals surface area contributed by atoms with E-state index >= 15 is 0 Å². The van der Waals surface area contributed by atoms with Gasteiger partial charge in [0.1, 0.15) is 5.82 Å². The first-order valence-electron chi connectivity index (χ1n) is 5.75. The van der Waals surface area contributed by atoms with Crippen LogP contribution in [0, 0.1) is 11.7 Å². The third-order valence-electron chi connectivity index (χ3n) is 3.37. The van der Waals surface area contributed by atoms with Crippen molar-refractivity contribution in [1.82, 2.24) is 4.90 Å². The lowest BCUT2D eigenvalue weighted by Crippen LogP contribution is -2.31.